The van der Waals surface area contributed by atoms with Crippen LogP contribution in [0.2, 0.25) is 0 Å². The molecule has 0 bridgehead atoms. The Morgan fingerprint density at radius 1 is 0.848 bits per heavy atom. The van der Waals surface area contributed by atoms with E-state index in [1.54, 1.807) is 42.5 Å². The number of hydrogen-bond acceptors (Lipinski definition) is 8. The van der Waals surface area contributed by atoms with Gasteiger partial charge in [-0.25, -0.2) is 0 Å². The van der Waals surface area contributed by atoms with Gasteiger partial charge in [-0.3, -0.25) is 14.6 Å². The molecule has 2 heterocycles. The maximum atomic E-state index is 14.3. The lowest BCUT2D eigenvalue weighted by atomic mass is 9.64. The van der Waals surface area contributed by atoms with Crippen molar-refractivity contribution in [2.24, 2.45) is 10.4 Å². The summed E-state index contributed by atoms with van der Waals surface area (Å²) in [5, 5.41) is 9.58. The molecule has 4 aromatic rings. The van der Waals surface area contributed by atoms with Crippen molar-refractivity contribution in [1.82, 2.24) is 0 Å². The van der Waals surface area contributed by atoms with Crippen LogP contribution in [0.15, 0.2) is 121 Å². The van der Waals surface area contributed by atoms with Gasteiger partial charge in [0.1, 0.15) is 0 Å². The molecule has 0 aliphatic carbocycles. The number of hydrogen-bond donors (Lipinski definition) is 0. The van der Waals surface area contributed by atoms with E-state index in [2.05, 4.69) is 12.6 Å². The zero-order chi connectivity index (χ0) is 32.3. The fourth-order valence-electron chi connectivity index (χ4n) is 6.09. The number of carbonyl (C=O) groups is 2. The Labute approximate surface area is 267 Å². The van der Waals surface area contributed by atoms with Crippen molar-refractivity contribution >= 4 is 17.7 Å². The Kier molecular flexibility index (Phi) is 8.16. The molecule has 0 radical (unpaired) electrons. The molecule has 2 aliphatic heterocycles. The average Bonchev–Trinajstić information content (AvgIpc) is 3.54. The van der Waals surface area contributed by atoms with Crippen molar-refractivity contribution in [2.75, 3.05) is 6.79 Å². The monoisotopic (exact) mass is 612 g/mol. The highest BCUT2D eigenvalue weighted by atomic mass is 16.7. The number of carbonyl (C=O) groups excluding carboxylic acids is 2. The number of aliphatic imine (C=N–C) groups is 1. The van der Waals surface area contributed by atoms with Crippen LogP contribution < -0.4 is 9.47 Å². The Balaban J connectivity index is 1.68. The minimum Gasteiger partial charge on any atom is -0.454 e. The molecule has 230 valence electrons. The molecule has 2 aliphatic rings. The number of fused-ring (bicyclic) bond motifs is 1. The molecule has 0 saturated carbocycles. The molecule has 6 rings (SSSR count). The molecule has 46 heavy (non-hydrogen) atoms. The Morgan fingerprint density at radius 2 is 1.41 bits per heavy atom. The average molecular weight is 613 g/mol. The van der Waals surface area contributed by atoms with Gasteiger partial charge in [-0.05, 0) is 41.8 Å². The third kappa shape index (κ3) is 5.64. The molecular weight excluding hydrogens is 580 g/mol. The number of rotatable bonds is 9. The van der Waals surface area contributed by atoms with Crippen LogP contribution in [-0.2, 0) is 19.1 Å². The first kappa shape index (κ1) is 30.4. The highest BCUT2D eigenvalue weighted by molar-refractivity contribution is 6.13. The molecule has 0 amide bonds. The van der Waals surface area contributed by atoms with Gasteiger partial charge in [-0.1, -0.05) is 84.9 Å². The van der Waals surface area contributed by atoms with Gasteiger partial charge in [-0.15, -0.1) is 6.58 Å². The second kappa shape index (κ2) is 12.4. The largest absolute Gasteiger partial charge is 0.454 e. The first-order valence-electron chi connectivity index (χ1n) is 14.9. The summed E-state index contributed by atoms with van der Waals surface area (Å²) in [6, 6.07) is 33.0. The van der Waals surface area contributed by atoms with E-state index in [-0.39, 0.29) is 13.2 Å². The number of nitrogens with zero attached hydrogens (tertiary/aromatic N) is 2. The Bertz CT molecular complexity index is 1780. The first-order valence-corrected chi connectivity index (χ1v) is 14.9. The normalized spacial score (nSPS) is 17.1. The predicted molar refractivity (Wildman–Crippen MR) is 171 cm³/mol. The zero-order valence-corrected chi connectivity index (χ0v) is 25.5. The zero-order valence-electron chi connectivity index (χ0n) is 25.5. The van der Waals surface area contributed by atoms with Crippen molar-refractivity contribution in [1.29, 1.82) is 5.26 Å². The molecule has 8 heteroatoms. The number of ether oxygens (including phenoxy) is 4. The van der Waals surface area contributed by atoms with Crippen LogP contribution in [0.3, 0.4) is 0 Å². The van der Waals surface area contributed by atoms with E-state index in [0.29, 0.717) is 33.9 Å². The molecule has 2 atom stereocenters. The topological polar surface area (TPSA) is 107 Å². The summed E-state index contributed by atoms with van der Waals surface area (Å²) in [7, 11) is 0. The summed E-state index contributed by atoms with van der Waals surface area (Å²) >= 11 is 0. The van der Waals surface area contributed by atoms with E-state index in [0.717, 1.165) is 11.1 Å². The van der Waals surface area contributed by atoms with Crippen LogP contribution in [0, 0.1) is 16.7 Å². The van der Waals surface area contributed by atoms with Crippen molar-refractivity contribution in [3.63, 3.8) is 0 Å². The Hall–Kier alpha value is -5.68. The predicted octanol–water partition coefficient (Wildman–Crippen LogP) is 7.05. The van der Waals surface area contributed by atoms with Crippen molar-refractivity contribution < 1.29 is 28.5 Å². The number of allylic oxidation sites excluding steroid dienone is 1. The van der Waals surface area contributed by atoms with Crippen molar-refractivity contribution in [3.8, 4) is 17.6 Å². The van der Waals surface area contributed by atoms with Gasteiger partial charge < -0.3 is 18.9 Å². The molecule has 0 spiro atoms. The van der Waals surface area contributed by atoms with E-state index in [1.807, 2.05) is 60.7 Å². The fraction of sp³-hybridized carbons (Fsp3) is 0.211. The van der Waals surface area contributed by atoms with Gasteiger partial charge >= 0.3 is 11.9 Å². The minimum absolute atomic E-state index is 0.0445. The lowest BCUT2D eigenvalue weighted by Crippen LogP contribution is -2.57. The number of esters is 2. The minimum atomic E-state index is -1.88. The molecule has 8 nitrogen and oxygen atoms in total. The second-order valence-corrected chi connectivity index (χ2v) is 11.6. The molecule has 0 aromatic heterocycles. The van der Waals surface area contributed by atoms with E-state index in [9.17, 15) is 14.9 Å². The van der Waals surface area contributed by atoms with Crippen molar-refractivity contribution in [3.05, 3.63) is 144 Å². The molecule has 1 fully saturated rings. The van der Waals surface area contributed by atoms with Crippen LogP contribution in [0.1, 0.15) is 60.0 Å². The number of benzene rings is 4. The maximum Gasteiger partial charge on any atom is 0.327 e. The molecular formula is C38H32N2O6. The summed E-state index contributed by atoms with van der Waals surface area (Å²) in [6.45, 7) is 7.01. The van der Waals surface area contributed by atoms with Crippen LogP contribution in [0.4, 0.5) is 0 Å². The van der Waals surface area contributed by atoms with E-state index < -0.39 is 35.1 Å². The van der Waals surface area contributed by atoms with E-state index >= 15 is 0 Å². The van der Waals surface area contributed by atoms with Crippen LogP contribution >= 0.6 is 0 Å². The van der Waals surface area contributed by atoms with Crippen molar-refractivity contribution in [2.45, 2.75) is 38.0 Å². The third-order valence-corrected chi connectivity index (χ3v) is 8.22. The quantitative estimate of drug-likeness (QED) is 0.0863. The van der Waals surface area contributed by atoms with Gasteiger partial charge in [-0.2, -0.15) is 5.26 Å². The molecule has 4 aromatic carbocycles. The van der Waals surface area contributed by atoms with Gasteiger partial charge in [0.05, 0.1) is 23.4 Å². The second-order valence-electron chi connectivity index (χ2n) is 11.6. The van der Waals surface area contributed by atoms with Gasteiger partial charge in [0.15, 0.2) is 16.9 Å². The highest BCUT2D eigenvalue weighted by Crippen LogP contribution is 2.54. The smallest absolute Gasteiger partial charge is 0.327 e. The van der Waals surface area contributed by atoms with Gasteiger partial charge in [0.2, 0.25) is 6.79 Å². The standard InChI is InChI=1S/C38H32N2O6/c1-4-21-38(35(41)45-37(2,3)46-36(38)42)32(29-19-20-30-31(22-29)44-24-43-30)34(28-17-15-25(23-39)16-18-28)40-33(26-11-7-5-8-12-26)27-13-9-6-10-14-27/h4-20,22,32,34H,1,21,24H2,2-3H3. The summed E-state index contributed by atoms with van der Waals surface area (Å²) in [4.78, 5) is 34.1. The first-order chi connectivity index (χ1) is 22.3. The molecule has 1 saturated heterocycles. The van der Waals surface area contributed by atoms with E-state index in [1.165, 1.54) is 19.9 Å². The van der Waals surface area contributed by atoms with E-state index in [4.69, 9.17) is 23.9 Å². The van der Waals surface area contributed by atoms with Crippen LogP contribution in [-0.4, -0.2) is 30.2 Å². The van der Waals surface area contributed by atoms with Crippen LogP contribution in [0.5, 0.6) is 11.5 Å². The summed E-state index contributed by atoms with van der Waals surface area (Å²) < 4.78 is 23.0. The summed E-state index contributed by atoms with van der Waals surface area (Å²) in [5.41, 5.74) is 2.14. The third-order valence-electron chi connectivity index (χ3n) is 8.22. The van der Waals surface area contributed by atoms with Crippen LogP contribution in [0.25, 0.3) is 0 Å². The summed E-state index contributed by atoms with van der Waals surface area (Å²) in [5.74, 6) is -2.92. The summed E-state index contributed by atoms with van der Waals surface area (Å²) in [6.07, 6.45) is 1.43. The number of nitriles is 1. The van der Waals surface area contributed by atoms with Gasteiger partial charge in [0.25, 0.3) is 5.79 Å². The highest BCUT2D eigenvalue weighted by Gasteiger charge is 2.62. The Morgan fingerprint density at radius 3 is 1.98 bits per heavy atom. The molecule has 0 N–H and O–H groups in total. The number of cyclic esters (lactones) is 2. The lowest BCUT2D eigenvalue weighted by molar-refractivity contribution is -0.253. The van der Waals surface area contributed by atoms with Gasteiger partial charge in [0, 0.05) is 30.9 Å². The lowest BCUT2D eigenvalue weighted by Gasteiger charge is -2.45. The maximum absolute atomic E-state index is 14.3. The SMILES string of the molecule is C=CCC1(C(c2ccc3c(c2)OCO3)C(N=C(c2ccccc2)c2ccccc2)c2ccc(C#N)cc2)C(=O)OC(C)(C)OC1=O. The molecule has 2 unspecified atom stereocenters. The fourth-order valence-corrected chi connectivity index (χ4v) is 6.09.